The highest BCUT2D eigenvalue weighted by atomic mass is 32.2. The minimum atomic E-state index is -1.27. The fourth-order valence-electron chi connectivity index (χ4n) is 2.75. The Kier molecular flexibility index (Phi) is 5.04. The van der Waals surface area contributed by atoms with E-state index in [-0.39, 0.29) is 18.5 Å². The first-order chi connectivity index (χ1) is 11.1. The molecule has 1 amide bonds. The molecular weight excluding hydrogens is 340 g/mol. The van der Waals surface area contributed by atoms with Gasteiger partial charge in [0.25, 0.3) is 0 Å². The van der Waals surface area contributed by atoms with Crippen LogP contribution in [0.2, 0.25) is 0 Å². The number of guanidine groups is 1. The fourth-order valence-corrected chi connectivity index (χ4v) is 4.38. The van der Waals surface area contributed by atoms with Gasteiger partial charge >= 0.3 is 11.9 Å². The second kappa shape index (κ2) is 6.69. The van der Waals surface area contributed by atoms with E-state index in [9.17, 15) is 24.6 Å². The number of aliphatic carboxylic acids is 2. The highest BCUT2D eigenvalue weighted by molar-refractivity contribution is 8.04. The molecule has 2 aliphatic heterocycles. The van der Waals surface area contributed by atoms with Gasteiger partial charge < -0.3 is 26.4 Å². The summed E-state index contributed by atoms with van der Waals surface area (Å²) in [5, 5.41) is 37.0. The summed E-state index contributed by atoms with van der Waals surface area (Å²) in [5.41, 5.74) is 4.96. The molecule has 24 heavy (non-hydrogen) atoms. The molecule has 0 bridgehead atoms. The van der Waals surface area contributed by atoms with E-state index >= 15 is 0 Å². The van der Waals surface area contributed by atoms with Gasteiger partial charge in [-0.15, -0.1) is 11.8 Å². The van der Waals surface area contributed by atoms with Crippen molar-refractivity contribution < 1.29 is 29.7 Å². The number of carboxylic acid groups (broad SMARTS) is 2. The SMILES string of the molecule is CC(O)[C@H]1C(=O)N2C(C(=O)O)=C(CC[C@@H](NC(=N)N)C(=O)O)S[C@@H]12. The molecule has 0 radical (unpaired) electrons. The molecule has 7 N–H and O–H groups in total. The number of thioether (sulfide) groups is 1. The molecule has 0 saturated carbocycles. The Bertz CT molecular complexity index is 634. The summed E-state index contributed by atoms with van der Waals surface area (Å²) in [7, 11) is 0. The smallest absolute Gasteiger partial charge is 0.353 e. The quantitative estimate of drug-likeness (QED) is 0.187. The highest BCUT2D eigenvalue weighted by Crippen LogP contribution is 2.51. The zero-order chi connectivity index (χ0) is 18.2. The van der Waals surface area contributed by atoms with Crippen LogP contribution < -0.4 is 11.1 Å². The third kappa shape index (κ3) is 3.17. The average Bonchev–Trinajstić information content (AvgIpc) is 2.76. The van der Waals surface area contributed by atoms with E-state index in [1.165, 1.54) is 6.92 Å². The standard InChI is InChI=1S/C13H18N4O6S/c1-4(18)7-9(19)17-8(12(22)23)6(24-10(7)17)3-2-5(11(20)21)16-13(14)15/h4-5,7,10,18H,2-3H2,1H3,(H,20,21)(H,22,23)(H4,14,15,16)/t4?,5-,7+,10+/m1/s1. The van der Waals surface area contributed by atoms with Gasteiger partial charge in [0, 0.05) is 4.91 Å². The number of fused-ring (bicyclic) bond motifs is 1. The molecule has 10 nitrogen and oxygen atoms in total. The van der Waals surface area contributed by atoms with Crippen molar-refractivity contribution >= 4 is 35.6 Å². The Morgan fingerprint density at radius 1 is 1.46 bits per heavy atom. The van der Waals surface area contributed by atoms with Crippen molar-refractivity contribution in [2.75, 3.05) is 0 Å². The zero-order valence-electron chi connectivity index (χ0n) is 12.7. The summed E-state index contributed by atoms with van der Waals surface area (Å²) in [6.45, 7) is 1.47. The van der Waals surface area contributed by atoms with Crippen molar-refractivity contribution in [2.24, 2.45) is 11.7 Å². The van der Waals surface area contributed by atoms with Crippen LogP contribution in [0, 0.1) is 11.3 Å². The van der Waals surface area contributed by atoms with Crippen LogP contribution in [0.15, 0.2) is 10.6 Å². The van der Waals surface area contributed by atoms with Crippen molar-refractivity contribution in [1.29, 1.82) is 5.41 Å². The molecule has 2 aliphatic rings. The van der Waals surface area contributed by atoms with Crippen molar-refractivity contribution in [3.8, 4) is 0 Å². The van der Waals surface area contributed by atoms with Crippen LogP contribution in [0.25, 0.3) is 0 Å². The number of β-lactam (4-membered cyclic amide) rings is 1. The lowest BCUT2D eigenvalue weighted by Gasteiger charge is -2.43. The molecular formula is C13H18N4O6S. The molecule has 132 valence electrons. The van der Waals surface area contributed by atoms with Crippen LogP contribution in [0.5, 0.6) is 0 Å². The van der Waals surface area contributed by atoms with Crippen LogP contribution in [0.1, 0.15) is 19.8 Å². The number of hydrogen-bond acceptors (Lipinski definition) is 6. The summed E-state index contributed by atoms with van der Waals surface area (Å²) in [6.07, 6.45) is -0.801. The van der Waals surface area contributed by atoms with Gasteiger partial charge in [0.2, 0.25) is 5.91 Å². The first kappa shape index (κ1) is 18.1. The number of aliphatic hydroxyl groups is 1. The zero-order valence-corrected chi connectivity index (χ0v) is 13.5. The van der Waals surface area contributed by atoms with E-state index in [0.29, 0.717) is 4.91 Å². The lowest BCUT2D eigenvalue weighted by atomic mass is 9.92. The van der Waals surface area contributed by atoms with Crippen LogP contribution >= 0.6 is 11.8 Å². The first-order valence-corrected chi connectivity index (χ1v) is 8.00. The summed E-state index contributed by atoms with van der Waals surface area (Å²) in [5.74, 6) is -4.11. The molecule has 11 heteroatoms. The number of amides is 1. The van der Waals surface area contributed by atoms with Gasteiger partial charge in [0.05, 0.1) is 12.0 Å². The van der Waals surface area contributed by atoms with Crippen molar-refractivity contribution in [3.05, 3.63) is 10.6 Å². The third-order valence-electron chi connectivity index (χ3n) is 3.86. The topological polar surface area (TPSA) is 177 Å². The second-order valence-corrected chi connectivity index (χ2v) is 6.76. The maximum Gasteiger partial charge on any atom is 0.353 e. The first-order valence-electron chi connectivity index (χ1n) is 7.12. The molecule has 4 atom stereocenters. The van der Waals surface area contributed by atoms with Crippen molar-refractivity contribution in [3.63, 3.8) is 0 Å². The lowest BCUT2D eigenvalue weighted by molar-refractivity contribution is -0.156. The number of carbonyl (C=O) groups excluding carboxylic acids is 1. The predicted molar refractivity (Wildman–Crippen MR) is 83.8 cm³/mol. The van der Waals surface area contributed by atoms with Gasteiger partial charge in [-0.3, -0.25) is 15.1 Å². The van der Waals surface area contributed by atoms with Gasteiger partial charge in [-0.1, -0.05) is 0 Å². The molecule has 0 aromatic rings. The molecule has 2 rings (SSSR count). The number of nitrogens with two attached hydrogens (primary N) is 1. The number of carboxylic acids is 2. The maximum absolute atomic E-state index is 12.0. The van der Waals surface area contributed by atoms with Crippen LogP contribution in [-0.2, 0) is 14.4 Å². The number of nitrogens with one attached hydrogen (secondary N) is 2. The molecule has 2 heterocycles. The maximum atomic E-state index is 12.0. The number of nitrogens with zero attached hydrogens (tertiary/aromatic N) is 1. The van der Waals surface area contributed by atoms with E-state index < -0.39 is 47.2 Å². The minimum Gasteiger partial charge on any atom is -0.480 e. The van der Waals surface area contributed by atoms with Crippen LogP contribution in [-0.4, -0.2) is 61.5 Å². The van der Waals surface area contributed by atoms with Gasteiger partial charge in [0.1, 0.15) is 17.1 Å². The summed E-state index contributed by atoms with van der Waals surface area (Å²) >= 11 is 1.15. The number of hydrogen-bond donors (Lipinski definition) is 6. The minimum absolute atomic E-state index is 0.00211. The Morgan fingerprint density at radius 2 is 2.08 bits per heavy atom. The van der Waals surface area contributed by atoms with E-state index in [1.54, 1.807) is 0 Å². The van der Waals surface area contributed by atoms with Crippen molar-refractivity contribution in [1.82, 2.24) is 10.2 Å². The third-order valence-corrected chi connectivity index (χ3v) is 5.29. The van der Waals surface area contributed by atoms with E-state index in [4.69, 9.17) is 16.2 Å². The molecule has 1 saturated heterocycles. The number of aliphatic hydroxyl groups excluding tert-OH is 1. The summed E-state index contributed by atoms with van der Waals surface area (Å²) in [4.78, 5) is 36.2. The Morgan fingerprint density at radius 3 is 2.54 bits per heavy atom. The normalized spacial score (nSPS) is 24.9. The molecule has 0 aromatic carbocycles. The average molecular weight is 358 g/mol. The van der Waals surface area contributed by atoms with Gasteiger partial charge in [-0.05, 0) is 19.8 Å². The van der Waals surface area contributed by atoms with Crippen molar-refractivity contribution in [2.45, 2.75) is 37.3 Å². The van der Waals surface area contributed by atoms with Gasteiger partial charge in [-0.2, -0.15) is 0 Å². The van der Waals surface area contributed by atoms with E-state index in [2.05, 4.69) is 5.32 Å². The van der Waals surface area contributed by atoms with Gasteiger partial charge in [0.15, 0.2) is 5.96 Å². The number of allylic oxidation sites excluding steroid dienone is 1. The molecule has 0 aromatic heterocycles. The van der Waals surface area contributed by atoms with Crippen LogP contribution in [0.4, 0.5) is 0 Å². The summed E-state index contributed by atoms with van der Waals surface area (Å²) < 4.78 is 0. The lowest BCUT2D eigenvalue weighted by Crippen LogP contribution is -2.60. The molecule has 1 unspecified atom stereocenters. The second-order valence-electron chi connectivity index (χ2n) is 5.55. The highest BCUT2D eigenvalue weighted by Gasteiger charge is 2.57. The Hall–Kier alpha value is -2.27. The molecule has 1 fully saturated rings. The van der Waals surface area contributed by atoms with Gasteiger partial charge in [-0.25, -0.2) is 9.59 Å². The molecule has 0 spiro atoms. The molecule has 0 aliphatic carbocycles. The monoisotopic (exact) mass is 358 g/mol. The predicted octanol–water partition coefficient (Wildman–Crippen LogP) is -1.09. The Balaban J connectivity index is 2.14. The number of carbonyl (C=O) groups is 3. The number of rotatable bonds is 7. The summed E-state index contributed by atoms with van der Waals surface area (Å²) in [6, 6.07) is -1.14. The largest absolute Gasteiger partial charge is 0.480 e. The fraction of sp³-hybridized carbons (Fsp3) is 0.538. The Labute approximate surface area is 141 Å². The van der Waals surface area contributed by atoms with E-state index in [0.717, 1.165) is 16.7 Å². The van der Waals surface area contributed by atoms with Crippen LogP contribution in [0.3, 0.4) is 0 Å². The van der Waals surface area contributed by atoms with E-state index in [1.807, 2.05) is 0 Å².